The van der Waals surface area contributed by atoms with Crippen LogP contribution in [0.3, 0.4) is 0 Å². The molecule has 0 radical (unpaired) electrons. The third kappa shape index (κ3) is 3.85. The number of benzene rings is 1. The molecule has 1 N–H and O–H groups in total. The number of esters is 1. The Morgan fingerprint density at radius 3 is 2.57 bits per heavy atom. The zero-order chi connectivity index (χ0) is 17.0. The topological polar surface area (TPSA) is 81.2 Å². The monoisotopic (exact) mass is 321 g/mol. The van der Waals surface area contributed by atoms with E-state index in [-0.39, 0.29) is 11.3 Å². The average Bonchev–Trinajstić information content (AvgIpc) is 2.54. The molecule has 1 heterocycles. The van der Waals surface area contributed by atoms with Crippen LogP contribution >= 0.6 is 0 Å². The molecule has 0 saturated heterocycles. The first-order chi connectivity index (χ1) is 10.9. The van der Waals surface area contributed by atoms with Gasteiger partial charge in [0.25, 0.3) is 5.91 Å². The van der Waals surface area contributed by atoms with Crippen LogP contribution < -0.4 is 5.32 Å². The van der Waals surface area contributed by atoms with Gasteiger partial charge in [-0.05, 0) is 25.1 Å². The lowest BCUT2D eigenvalue weighted by atomic mass is 10.1. The smallest absolute Gasteiger partial charge is 0.333 e. The summed E-state index contributed by atoms with van der Waals surface area (Å²) in [4.78, 5) is 31.7. The summed E-state index contributed by atoms with van der Waals surface area (Å²) in [6.07, 6.45) is 2.58. The number of aromatic nitrogens is 2. The van der Waals surface area contributed by atoms with Gasteiger partial charge < -0.3 is 10.1 Å². The van der Waals surface area contributed by atoms with Crippen LogP contribution in [-0.2, 0) is 9.53 Å². The number of carbonyl (C=O) groups is 2. The van der Waals surface area contributed by atoms with Crippen molar-refractivity contribution < 1.29 is 23.1 Å². The maximum atomic E-state index is 13.9. The lowest BCUT2D eigenvalue weighted by Crippen LogP contribution is -2.35. The van der Waals surface area contributed by atoms with Crippen molar-refractivity contribution in [2.45, 2.75) is 13.0 Å². The summed E-state index contributed by atoms with van der Waals surface area (Å²) in [6, 6.07) is 1.07. The predicted molar refractivity (Wildman–Crippen MR) is 75.4 cm³/mol. The number of amides is 1. The van der Waals surface area contributed by atoms with E-state index in [2.05, 4.69) is 20.0 Å². The first-order valence-electron chi connectivity index (χ1n) is 6.54. The van der Waals surface area contributed by atoms with E-state index in [4.69, 9.17) is 0 Å². The zero-order valence-electron chi connectivity index (χ0n) is 12.3. The Hall–Kier alpha value is -2.90. The number of methoxy groups -OCH3 is 1. The molecule has 2 rings (SSSR count). The number of carbonyl (C=O) groups excluding carboxylic acids is 2. The molecule has 0 bridgehead atoms. The largest absolute Gasteiger partial charge is 0.467 e. The molecule has 23 heavy (non-hydrogen) atoms. The van der Waals surface area contributed by atoms with Crippen molar-refractivity contribution in [1.82, 2.24) is 15.3 Å². The molecule has 0 aliphatic rings. The van der Waals surface area contributed by atoms with Crippen LogP contribution in [0.15, 0.2) is 30.6 Å². The maximum absolute atomic E-state index is 13.9. The molecular weight excluding hydrogens is 308 g/mol. The zero-order valence-corrected chi connectivity index (χ0v) is 12.3. The highest BCUT2D eigenvalue weighted by Crippen LogP contribution is 2.20. The van der Waals surface area contributed by atoms with Gasteiger partial charge in [0, 0.05) is 11.8 Å². The molecule has 1 atom stereocenters. The molecule has 1 aromatic heterocycles. The van der Waals surface area contributed by atoms with Gasteiger partial charge in [0.1, 0.15) is 17.3 Å². The second-order valence-corrected chi connectivity index (χ2v) is 4.64. The third-order valence-electron chi connectivity index (χ3n) is 2.99. The molecule has 1 aromatic carbocycles. The van der Waals surface area contributed by atoms with Gasteiger partial charge in [-0.25, -0.2) is 18.6 Å². The van der Waals surface area contributed by atoms with Crippen molar-refractivity contribution in [3.8, 4) is 0 Å². The summed E-state index contributed by atoms with van der Waals surface area (Å²) in [7, 11) is 1.07. The van der Waals surface area contributed by atoms with Crippen molar-refractivity contribution in [2.75, 3.05) is 7.11 Å². The fourth-order valence-corrected chi connectivity index (χ4v) is 1.83. The van der Waals surface area contributed by atoms with Gasteiger partial charge >= 0.3 is 5.97 Å². The Morgan fingerprint density at radius 1 is 1.22 bits per heavy atom. The van der Waals surface area contributed by atoms with Crippen molar-refractivity contribution in [1.29, 1.82) is 0 Å². The van der Waals surface area contributed by atoms with Crippen molar-refractivity contribution >= 4 is 11.9 Å². The van der Waals surface area contributed by atoms with Crippen LogP contribution in [0.4, 0.5) is 8.78 Å². The van der Waals surface area contributed by atoms with Crippen molar-refractivity contribution in [3.63, 3.8) is 0 Å². The van der Waals surface area contributed by atoms with Gasteiger partial charge in [-0.1, -0.05) is 0 Å². The second-order valence-electron chi connectivity index (χ2n) is 4.64. The summed E-state index contributed by atoms with van der Waals surface area (Å²) < 4.78 is 31.7. The van der Waals surface area contributed by atoms with E-state index < -0.39 is 29.6 Å². The molecule has 0 fully saturated rings. The molecule has 120 valence electrons. The lowest BCUT2D eigenvalue weighted by Gasteiger charge is -2.17. The Balaban J connectivity index is 2.32. The van der Waals surface area contributed by atoms with Gasteiger partial charge in [0.05, 0.1) is 19.0 Å². The van der Waals surface area contributed by atoms with E-state index in [0.717, 1.165) is 25.3 Å². The van der Waals surface area contributed by atoms with Gasteiger partial charge in [-0.15, -0.1) is 0 Å². The van der Waals surface area contributed by atoms with E-state index >= 15 is 0 Å². The molecular formula is C15H13F2N3O3. The average molecular weight is 321 g/mol. The van der Waals surface area contributed by atoms with Gasteiger partial charge in [-0.2, -0.15) is 0 Å². The Kier molecular flexibility index (Phi) is 4.95. The standard InChI is InChI=1S/C15H13F2N3O3/c1-8-6-19-12(7-18-8)14(21)20-13(15(22)23-2)10-5-9(16)3-4-11(10)17/h3-7,13H,1-2H3,(H,20,21). The van der Waals surface area contributed by atoms with Crippen LogP contribution in [0.5, 0.6) is 0 Å². The normalized spacial score (nSPS) is 11.7. The first-order valence-corrected chi connectivity index (χ1v) is 6.54. The number of ether oxygens (including phenoxy) is 1. The second kappa shape index (κ2) is 6.91. The van der Waals surface area contributed by atoms with Crippen LogP contribution in [0.1, 0.15) is 27.8 Å². The number of aryl methyl sites for hydroxylation is 1. The minimum atomic E-state index is -1.51. The summed E-state index contributed by atoms with van der Waals surface area (Å²) in [5.74, 6) is -3.31. The summed E-state index contributed by atoms with van der Waals surface area (Å²) in [5.41, 5.74) is 0.189. The minimum Gasteiger partial charge on any atom is -0.467 e. The van der Waals surface area contributed by atoms with Gasteiger partial charge in [0.15, 0.2) is 6.04 Å². The van der Waals surface area contributed by atoms with Crippen molar-refractivity contribution in [3.05, 3.63) is 59.2 Å². The fraction of sp³-hybridized carbons (Fsp3) is 0.200. The summed E-state index contributed by atoms with van der Waals surface area (Å²) >= 11 is 0. The van der Waals surface area contributed by atoms with E-state index in [1.165, 1.54) is 12.4 Å². The number of halogens is 2. The Bertz CT molecular complexity index is 735. The minimum absolute atomic E-state index is 0.0682. The number of hydrogen-bond acceptors (Lipinski definition) is 5. The Labute approximate surface area is 130 Å². The van der Waals surface area contributed by atoms with E-state index in [0.29, 0.717) is 5.69 Å². The highest BCUT2D eigenvalue weighted by atomic mass is 19.1. The van der Waals surface area contributed by atoms with E-state index in [9.17, 15) is 18.4 Å². The molecule has 8 heteroatoms. The molecule has 0 spiro atoms. The maximum Gasteiger partial charge on any atom is 0.333 e. The lowest BCUT2D eigenvalue weighted by molar-refractivity contribution is -0.143. The quantitative estimate of drug-likeness (QED) is 0.867. The molecule has 1 amide bonds. The highest BCUT2D eigenvalue weighted by Gasteiger charge is 2.27. The first kappa shape index (κ1) is 16.5. The van der Waals surface area contributed by atoms with Gasteiger partial charge in [0.2, 0.25) is 0 Å². The molecule has 0 saturated carbocycles. The molecule has 6 nitrogen and oxygen atoms in total. The Morgan fingerprint density at radius 2 is 1.96 bits per heavy atom. The van der Waals surface area contributed by atoms with Crippen LogP contribution in [-0.4, -0.2) is 29.0 Å². The predicted octanol–water partition coefficient (Wildman–Crippen LogP) is 1.71. The number of nitrogens with one attached hydrogen (secondary N) is 1. The fourth-order valence-electron chi connectivity index (χ4n) is 1.83. The molecule has 1 unspecified atom stereocenters. The highest BCUT2D eigenvalue weighted by molar-refractivity contribution is 5.95. The summed E-state index contributed by atoms with van der Waals surface area (Å²) in [5, 5.41) is 2.27. The molecule has 2 aromatic rings. The van der Waals surface area contributed by atoms with E-state index in [1.54, 1.807) is 6.92 Å². The number of rotatable bonds is 4. The molecule has 0 aliphatic carbocycles. The SMILES string of the molecule is COC(=O)C(NC(=O)c1cnc(C)cn1)c1cc(F)ccc1F. The third-order valence-corrected chi connectivity index (χ3v) is 2.99. The number of nitrogens with zero attached hydrogens (tertiary/aromatic N) is 2. The van der Waals surface area contributed by atoms with Crippen LogP contribution in [0, 0.1) is 18.6 Å². The van der Waals surface area contributed by atoms with Crippen LogP contribution in [0.25, 0.3) is 0 Å². The number of hydrogen-bond donors (Lipinski definition) is 1. The van der Waals surface area contributed by atoms with Crippen molar-refractivity contribution in [2.24, 2.45) is 0 Å². The van der Waals surface area contributed by atoms with Gasteiger partial charge in [-0.3, -0.25) is 9.78 Å². The molecule has 0 aliphatic heterocycles. The van der Waals surface area contributed by atoms with E-state index in [1.807, 2.05) is 0 Å². The summed E-state index contributed by atoms with van der Waals surface area (Å²) in [6.45, 7) is 1.69. The van der Waals surface area contributed by atoms with Crippen LogP contribution in [0.2, 0.25) is 0 Å².